The average molecular weight is 772 g/mol. The van der Waals surface area contributed by atoms with E-state index >= 15 is 0 Å². The molecule has 0 radical (unpaired) electrons. The Morgan fingerprint density at radius 2 is 0.729 bits per heavy atom. The lowest BCUT2D eigenvalue weighted by Crippen LogP contribution is -2.07. The van der Waals surface area contributed by atoms with Gasteiger partial charge >= 0.3 is 0 Å². The molecule has 59 heavy (non-hydrogen) atoms. The Bertz CT molecular complexity index is 2600. The maximum Gasteiger partial charge on any atom is 0.150 e. The summed E-state index contributed by atoms with van der Waals surface area (Å²) in [5.74, 6) is 0. The van der Waals surface area contributed by atoms with Crippen molar-refractivity contribution in [1.82, 2.24) is 0 Å². The number of ether oxygens (including phenoxy) is 2. The van der Waals surface area contributed by atoms with Crippen LogP contribution in [-0.4, -0.2) is 34.6 Å². The van der Waals surface area contributed by atoms with Crippen molar-refractivity contribution in [3.8, 4) is 46.5 Å². The molecule has 288 valence electrons. The zero-order valence-corrected chi connectivity index (χ0v) is 33.3. The molecule has 0 atom stereocenters. The zero-order valence-electron chi connectivity index (χ0n) is 33.3. The van der Waals surface area contributed by atoms with E-state index in [2.05, 4.69) is 53.4 Å². The molecule has 6 aromatic rings. The van der Waals surface area contributed by atoms with Crippen molar-refractivity contribution in [2.75, 3.05) is 33.2 Å². The lowest BCUT2D eigenvalue weighted by molar-refractivity contribution is 0.112. The highest BCUT2D eigenvalue weighted by atomic mass is 16.5. The summed E-state index contributed by atoms with van der Waals surface area (Å²) < 4.78 is 10.2. The number of hydrogen-bond acceptors (Lipinski definition) is 8. The largest absolute Gasteiger partial charge is 0.380 e. The Morgan fingerprint density at radius 1 is 0.458 bits per heavy atom. The molecule has 8 heteroatoms. The van der Waals surface area contributed by atoms with Crippen LogP contribution in [0, 0.1) is 45.3 Å². The topological polar surface area (TPSA) is 134 Å². The molecular formula is C51H41N5O3. The molecule has 0 fully saturated rings. The number of carbonyl (C=O) groups is 1. The summed E-state index contributed by atoms with van der Waals surface area (Å²) in [7, 11) is 7.29. The van der Waals surface area contributed by atoms with Crippen molar-refractivity contribution in [1.29, 1.82) is 21.0 Å². The fraction of sp³-hybridized carbons (Fsp3) is 0.118. The Hall–Kier alpha value is -7.85. The van der Waals surface area contributed by atoms with Gasteiger partial charge < -0.3 is 14.4 Å². The third-order valence-corrected chi connectivity index (χ3v) is 9.50. The van der Waals surface area contributed by atoms with E-state index in [-0.39, 0.29) is 0 Å². The average Bonchev–Trinajstić information content (AvgIpc) is 3.29. The standard InChI is InChI=1S/C26H23N3O.C25H18N2O2/c1-29(2)24-14-12-21(13-15-24)20-8-10-23(11-9-20)26(17-28)25(16-27)22-6-4-19(5-7-22)18-30-3;1-29-17-19-4-8-22(9-5-19)24(14-26)25(15-27)23-12-10-21(11-13-23)20-6-2-18(16-28)3-7-20/h4-15H,18H2,1-3H3;2-13,16H,17H2,1H3/b26-25+;25-24+. The second-order valence-corrected chi connectivity index (χ2v) is 13.5. The van der Waals surface area contributed by atoms with Crippen molar-refractivity contribution >= 4 is 34.3 Å². The van der Waals surface area contributed by atoms with Gasteiger partial charge in [0.15, 0.2) is 0 Å². The smallest absolute Gasteiger partial charge is 0.150 e. The molecule has 0 spiro atoms. The summed E-state index contributed by atoms with van der Waals surface area (Å²) in [5.41, 5.74) is 12.1. The van der Waals surface area contributed by atoms with E-state index in [1.54, 1.807) is 26.4 Å². The molecule has 0 aliphatic heterocycles. The summed E-state index contributed by atoms with van der Waals surface area (Å²) in [6.45, 7) is 1.00. The van der Waals surface area contributed by atoms with Gasteiger partial charge in [0.1, 0.15) is 30.6 Å². The highest BCUT2D eigenvalue weighted by Crippen LogP contribution is 2.30. The molecule has 0 heterocycles. The van der Waals surface area contributed by atoms with E-state index in [0.29, 0.717) is 52.2 Å². The number of anilines is 1. The second-order valence-electron chi connectivity index (χ2n) is 13.5. The van der Waals surface area contributed by atoms with Crippen molar-refractivity contribution in [2.24, 2.45) is 0 Å². The van der Waals surface area contributed by atoms with Crippen molar-refractivity contribution in [3.63, 3.8) is 0 Å². The first-order valence-corrected chi connectivity index (χ1v) is 18.6. The molecule has 0 aliphatic carbocycles. The van der Waals surface area contributed by atoms with Crippen LogP contribution in [-0.2, 0) is 22.7 Å². The summed E-state index contributed by atoms with van der Waals surface area (Å²) >= 11 is 0. The Kier molecular flexibility index (Phi) is 15.0. The Morgan fingerprint density at radius 3 is 0.983 bits per heavy atom. The zero-order chi connectivity index (χ0) is 42.1. The van der Waals surface area contributed by atoms with E-state index in [9.17, 15) is 25.8 Å². The van der Waals surface area contributed by atoms with Gasteiger partial charge in [-0.1, -0.05) is 133 Å². The molecule has 8 nitrogen and oxygen atoms in total. The van der Waals surface area contributed by atoms with Crippen LogP contribution in [0.1, 0.15) is 43.7 Å². The highest BCUT2D eigenvalue weighted by molar-refractivity contribution is 6.03. The summed E-state index contributed by atoms with van der Waals surface area (Å²) in [6.07, 6.45) is 0.808. The monoisotopic (exact) mass is 771 g/mol. The normalized spacial score (nSPS) is 11.2. The molecule has 0 N–H and O–H groups in total. The molecule has 6 rings (SSSR count). The Labute approximate surface area is 346 Å². The number of aldehydes is 1. The number of nitriles is 4. The fourth-order valence-electron chi connectivity index (χ4n) is 6.29. The van der Waals surface area contributed by atoms with Crippen LogP contribution in [0.25, 0.3) is 44.5 Å². The van der Waals surface area contributed by atoms with Crippen molar-refractivity contribution < 1.29 is 14.3 Å². The van der Waals surface area contributed by atoms with Crippen LogP contribution >= 0.6 is 0 Å². The van der Waals surface area contributed by atoms with Gasteiger partial charge in [-0.05, 0) is 67.8 Å². The number of carbonyl (C=O) groups excluding carboxylic acids is 1. The minimum atomic E-state index is 0.329. The van der Waals surface area contributed by atoms with Gasteiger partial charge in [0.2, 0.25) is 0 Å². The molecule has 0 saturated heterocycles. The molecule has 0 saturated carbocycles. The van der Waals surface area contributed by atoms with Crippen molar-refractivity contribution in [3.05, 3.63) is 185 Å². The van der Waals surface area contributed by atoms with Crippen LogP contribution in [0.4, 0.5) is 5.69 Å². The van der Waals surface area contributed by atoms with Gasteiger partial charge in [-0.3, -0.25) is 4.79 Å². The van der Waals surface area contributed by atoms with Crippen LogP contribution in [0.15, 0.2) is 146 Å². The SMILES string of the molecule is COCc1ccc(/C(C#N)=C(\C#N)c2ccc(-c3ccc(C=O)cc3)cc2)cc1.COCc1ccc(/C(C#N)=C(\C#N)c2ccc(-c3ccc(N(C)C)cc3)cc2)cc1. The minimum absolute atomic E-state index is 0.329. The first-order chi connectivity index (χ1) is 28.8. The molecule has 6 aromatic carbocycles. The fourth-order valence-corrected chi connectivity index (χ4v) is 6.29. The minimum Gasteiger partial charge on any atom is -0.380 e. The van der Waals surface area contributed by atoms with E-state index < -0.39 is 0 Å². The maximum absolute atomic E-state index is 10.8. The number of allylic oxidation sites excluding steroid dienone is 4. The van der Waals surface area contributed by atoms with Crippen molar-refractivity contribution in [2.45, 2.75) is 13.2 Å². The van der Waals surface area contributed by atoms with E-state index in [1.807, 2.05) is 123 Å². The van der Waals surface area contributed by atoms with Gasteiger partial charge in [0, 0.05) is 39.6 Å². The molecule has 0 unspecified atom stereocenters. The summed E-state index contributed by atoms with van der Waals surface area (Å²) in [6, 6.07) is 54.5. The first-order valence-electron chi connectivity index (χ1n) is 18.6. The number of rotatable bonds is 12. The quantitative estimate of drug-likeness (QED) is 0.0682. The molecular weight excluding hydrogens is 731 g/mol. The lowest BCUT2D eigenvalue weighted by atomic mass is 9.94. The number of methoxy groups -OCH3 is 2. The third-order valence-electron chi connectivity index (χ3n) is 9.50. The number of nitrogens with zero attached hydrogens (tertiary/aromatic N) is 5. The van der Waals surface area contributed by atoms with Crippen LogP contribution < -0.4 is 4.90 Å². The molecule has 0 aliphatic rings. The first kappa shape index (κ1) is 42.3. The van der Waals surface area contributed by atoms with Gasteiger partial charge in [-0.15, -0.1) is 0 Å². The van der Waals surface area contributed by atoms with Gasteiger partial charge in [0.05, 0.1) is 35.5 Å². The molecule has 0 aromatic heterocycles. The highest BCUT2D eigenvalue weighted by Gasteiger charge is 2.14. The predicted octanol–water partition coefficient (Wildman–Crippen LogP) is 10.8. The third kappa shape index (κ3) is 10.7. The van der Waals surface area contributed by atoms with Gasteiger partial charge in [0.25, 0.3) is 0 Å². The van der Waals surface area contributed by atoms with E-state index in [1.165, 1.54) is 0 Å². The van der Waals surface area contributed by atoms with Gasteiger partial charge in [-0.2, -0.15) is 21.0 Å². The number of hydrogen-bond donors (Lipinski definition) is 0. The van der Waals surface area contributed by atoms with Crippen LogP contribution in [0.3, 0.4) is 0 Å². The van der Waals surface area contributed by atoms with E-state index in [0.717, 1.165) is 56.5 Å². The van der Waals surface area contributed by atoms with E-state index in [4.69, 9.17) is 9.47 Å². The molecule has 0 amide bonds. The lowest BCUT2D eigenvalue weighted by Gasteiger charge is -2.13. The summed E-state index contributed by atoms with van der Waals surface area (Å²) in [5, 5.41) is 38.9. The number of benzene rings is 6. The van der Waals surface area contributed by atoms with Gasteiger partial charge in [-0.25, -0.2) is 0 Å². The second kappa shape index (κ2) is 20.9. The Balaban J connectivity index is 0.000000224. The predicted molar refractivity (Wildman–Crippen MR) is 234 cm³/mol. The summed E-state index contributed by atoms with van der Waals surface area (Å²) in [4.78, 5) is 12.9. The molecule has 0 bridgehead atoms. The van der Waals surface area contributed by atoms with Crippen LogP contribution in [0.5, 0.6) is 0 Å². The van der Waals surface area contributed by atoms with Crippen LogP contribution in [0.2, 0.25) is 0 Å². The maximum atomic E-state index is 10.8.